The van der Waals surface area contributed by atoms with Crippen LogP contribution in [-0.4, -0.2) is 19.2 Å². The van der Waals surface area contributed by atoms with Gasteiger partial charge in [-0.05, 0) is 42.5 Å². The number of benzene rings is 3. The summed E-state index contributed by atoms with van der Waals surface area (Å²) >= 11 is 0. The highest BCUT2D eigenvalue weighted by Crippen LogP contribution is 2.37. The molecule has 0 amide bonds. The van der Waals surface area contributed by atoms with Crippen molar-refractivity contribution in [3.63, 3.8) is 0 Å². The zero-order valence-corrected chi connectivity index (χ0v) is 16.5. The number of anilines is 2. The zero-order chi connectivity index (χ0) is 20.9. The Morgan fingerprint density at radius 1 is 0.867 bits per heavy atom. The summed E-state index contributed by atoms with van der Waals surface area (Å²) in [6.45, 7) is 0. The number of nitrogens with one attached hydrogen (secondary N) is 1. The van der Waals surface area contributed by atoms with Crippen LogP contribution in [0.2, 0.25) is 0 Å². The molecule has 0 fully saturated rings. The van der Waals surface area contributed by atoms with Crippen molar-refractivity contribution in [3.8, 4) is 29.1 Å². The van der Waals surface area contributed by atoms with Crippen molar-refractivity contribution < 1.29 is 14.2 Å². The Labute approximate surface area is 174 Å². The van der Waals surface area contributed by atoms with Gasteiger partial charge in [0.1, 0.15) is 17.6 Å². The van der Waals surface area contributed by atoms with Gasteiger partial charge in [0.05, 0.1) is 31.0 Å². The summed E-state index contributed by atoms with van der Waals surface area (Å²) in [5.41, 5.74) is 2.59. The summed E-state index contributed by atoms with van der Waals surface area (Å²) in [7, 11) is 3.15. The molecule has 0 aliphatic heterocycles. The molecule has 0 unspecified atom stereocenters. The Kier molecular flexibility index (Phi) is 5.35. The molecule has 30 heavy (non-hydrogen) atoms. The lowest BCUT2D eigenvalue weighted by Crippen LogP contribution is -1.98. The second-order valence-corrected chi connectivity index (χ2v) is 6.45. The molecule has 148 valence electrons. The lowest BCUT2D eigenvalue weighted by molar-refractivity contribution is 0.356. The van der Waals surface area contributed by atoms with E-state index in [1.807, 2.05) is 60.7 Å². The zero-order valence-electron chi connectivity index (χ0n) is 16.5. The van der Waals surface area contributed by atoms with Gasteiger partial charge >= 0.3 is 0 Å². The number of hydrogen-bond donors (Lipinski definition) is 1. The molecule has 1 heterocycles. The molecule has 0 aliphatic carbocycles. The second-order valence-electron chi connectivity index (χ2n) is 6.45. The monoisotopic (exact) mass is 397 g/mol. The van der Waals surface area contributed by atoms with Gasteiger partial charge in [-0.3, -0.25) is 4.98 Å². The third-order valence-electron chi connectivity index (χ3n) is 4.60. The summed E-state index contributed by atoms with van der Waals surface area (Å²) in [5.74, 6) is 2.64. The highest BCUT2D eigenvalue weighted by atomic mass is 16.5. The van der Waals surface area contributed by atoms with E-state index in [1.54, 1.807) is 26.5 Å². The molecule has 4 aromatic rings. The van der Waals surface area contributed by atoms with Crippen molar-refractivity contribution >= 4 is 22.3 Å². The Hall–Kier alpha value is -4.24. The van der Waals surface area contributed by atoms with Crippen LogP contribution in [0.5, 0.6) is 23.0 Å². The fourth-order valence-electron chi connectivity index (χ4n) is 3.11. The largest absolute Gasteiger partial charge is 0.493 e. The Bertz CT molecular complexity index is 1220. The molecule has 0 bridgehead atoms. The van der Waals surface area contributed by atoms with Crippen molar-refractivity contribution in [1.82, 2.24) is 4.98 Å². The number of nitriles is 1. The van der Waals surface area contributed by atoms with E-state index < -0.39 is 0 Å². The summed E-state index contributed by atoms with van der Waals surface area (Å²) < 4.78 is 16.6. The van der Waals surface area contributed by atoms with Crippen LogP contribution < -0.4 is 19.5 Å². The average molecular weight is 397 g/mol. The van der Waals surface area contributed by atoms with Crippen LogP contribution in [0.15, 0.2) is 72.9 Å². The minimum absolute atomic E-state index is 0.430. The minimum atomic E-state index is 0.430. The van der Waals surface area contributed by atoms with Crippen LogP contribution in [0.25, 0.3) is 10.9 Å². The van der Waals surface area contributed by atoms with Gasteiger partial charge < -0.3 is 19.5 Å². The molecule has 0 atom stereocenters. The lowest BCUT2D eigenvalue weighted by Gasteiger charge is -2.14. The summed E-state index contributed by atoms with van der Waals surface area (Å²) in [6, 6.07) is 22.9. The van der Waals surface area contributed by atoms with Crippen molar-refractivity contribution in [1.29, 1.82) is 5.26 Å². The molecular weight excluding hydrogens is 378 g/mol. The SMILES string of the molecule is COc1cc2ncc(C#N)c(Nc3ccc(Oc4ccccc4)cc3)c2cc1OC. The Morgan fingerprint density at radius 3 is 2.20 bits per heavy atom. The Balaban J connectivity index is 1.68. The predicted molar refractivity (Wildman–Crippen MR) is 116 cm³/mol. The Morgan fingerprint density at radius 2 is 1.53 bits per heavy atom. The first kappa shape index (κ1) is 19.1. The maximum absolute atomic E-state index is 9.59. The number of ether oxygens (including phenoxy) is 3. The van der Waals surface area contributed by atoms with Crippen molar-refractivity contribution in [2.45, 2.75) is 0 Å². The first-order valence-electron chi connectivity index (χ1n) is 9.26. The summed E-state index contributed by atoms with van der Waals surface area (Å²) in [4.78, 5) is 4.38. The van der Waals surface area contributed by atoms with Crippen LogP contribution in [0.4, 0.5) is 11.4 Å². The predicted octanol–water partition coefficient (Wildman–Crippen LogP) is 5.66. The molecule has 0 spiro atoms. The molecular formula is C24H19N3O3. The number of hydrogen-bond acceptors (Lipinski definition) is 6. The number of methoxy groups -OCH3 is 2. The summed E-state index contributed by atoms with van der Waals surface area (Å²) in [5, 5.41) is 13.7. The van der Waals surface area contributed by atoms with E-state index in [0.717, 1.165) is 22.6 Å². The topological polar surface area (TPSA) is 76.4 Å². The van der Waals surface area contributed by atoms with E-state index in [2.05, 4.69) is 16.4 Å². The molecule has 6 heteroatoms. The van der Waals surface area contributed by atoms with E-state index >= 15 is 0 Å². The maximum Gasteiger partial charge on any atom is 0.162 e. The van der Waals surface area contributed by atoms with E-state index in [9.17, 15) is 5.26 Å². The van der Waals surface area contributed by atoms with Gasteiger partial charge in [-0.15, -0.1) is 0 Å². The van der Waals surface area contributed by atoms with E-state index in [0.29, 0.717) is 28.3 Å². The van der Waals surface area contributed by atoms with Crippen LogP contribution in [0.1, 0.15) is 5.56 Å². The van der Waals surface area contributed by atoms with Crippen molar-refractivity contribution in [2.75, 3.05) is 19.5 Å². The van der Waals surface area contributed by atoms with Crippen LogP contribution in [0, 0.1) is 11.3 Å². The molecule has 0 aliphatic rings. The van der Waals surface area contributed by atoms with Gasteiger partial charge in [0.2, 0.25) is 0 Å². The highest BCUT2D eigenvalue weighted by Gasteiger charge is 2.14. The van der Waals surface area contributed by atoms with Crippen molar-refractivity contribution in [3.05, 3.63) is 78.5 Å². The van der Waals surface area contributed by atoms with Crippen LogP contribution in [-0.2, 0) is 0 Å². The smallest absolute Gasteiger partial charge is 0.162 e. The van der Waals surface area contributed by atoms with Gasteiger partial charge in [-0.2, -0.15) is 5.26 Å². The first-order valence-corrected chi connectivity index (χ1v) is 9.26. The first-order chi connectivity index (χ1) is 14.7. The van der Waals surface area contributed by atoms with Crippen LogP contribution in [0.3, 0.4) is 0 Å². The maximum atomic E-state index is 9.59. The molecule has 0 saturated heterocycles. The molecule has 4 rings (SSSR count). The fourth-order valence-corrected chi connectivity index (χ4v) is 3.11. The minimum Gasteiger partial charge on any atom is -0.493 e. The van der Waals surface area contributed by atoms with Crippen molar-refractivity contribution in [2.24, 2.45) is 0 Å². The van der Waals surface area contributed by atoms with Gasteiger partial charge in [0, 0.05) is 23.3 Å². The van der Waals surface area contributed by atoms with Gasteiger partial charge in [0.25, 0.3) is 0 Å². The number of nitrogens with zero attached hydrogens (tertiary/aromatic N) is 2. The van der Waals surface area contributed by atoms with E-state index in [-0.39, 0.29) is 0 Å². The number of aromatic nitrogens is 1. The molecule has 3 aromatic carbocycles. The summed E-state index contributed by atoms with van der Waals surface area (Å²) in [6.07, 6.45) is 1.55. The molecule has 1 N–H and O–H groups in total. The number of para-hydroxylation sites is 1. The average Bonchev–Trinajstić information content (AvgIpc) is 2.80. The quantitative estimate of drug-likeness (QED) is 0.452. The van der Waals surface area contributed by atoms with E-state index in [1.165, 1.54) is 0 Å². The normalized spacial score (nSPS) is 10.3. The molecule has 0 saturated carbocycles. The van der Waals surface area contributed by atoms with E-state index in [4.69, 9.17) is 14.2 Å². The van der Waals surface area contributed by atoms with Crippen LogP contribution >= 0.6 is 0 Å². The number of rotatable bonds is 6. The molecule has 1 aromatic heterocycles. The fraction of sp³-hybridized carbons (Fsp3) is 0.0833. The third kappa shape index (κ3) is 3.82. The standard InChI is InChI=1S/C24H19N3O3/c1-28-22-12-20-21(13-23(22)29-2)26-15-16(14-25)24(20)27-17-8-10-19(11-9-17)30-18-6-4-3-5-7-18/h3-13,15H,1-2H3,(H,26,27). The third-order valence-corrected chi connectivity index (χ3v) is 4.60. The number of fused-ring (bicyclic) bond motifs is 1. The number of pyridine rings is 1. The van der Waals surface area contributed by atoms with Gasteiger partial charge in [-0.1, -0.05) is 18.2 Å². The second kappa shape index (κ2) is 8.41. The van der Waals surface area contributed by atoms with Gasteiger partial charge in [-0.25, -0.2) is 0 Å². The van der Waals surface area contributed by atoms with Gasteiger partial charge in [0.15, 0.2) is 11.5 Å². The molecule has 6 nitrogen and oxygen atoms in total. The lowest BCUT2D eigenvalue weighted by atomic mass is 10.1. The molecule has 0 radical (unpaired) electrons. The highest BCUT2D eigenvalue weighted by molar-refractivity contribution is 5.97.